The Balaban J connectivity index is 0.844. The van der Waals surface area contributed by atoms with Gasteiger partial charge in [0.1, 0.15) is 17.2 Å². The van der Waals surface area contributed by atoms with E-state index in [9.17, 15) is 32.4 Å². The number of aromatic nitrogens is 3. The van der Waals surface area contributed by atoms with Gasteiger partial charge < -0.3 is 24.7 Å². The Morgan fingerprint density at radius 2 is 1.70 bits per heavy atom. The maximum Gasteiger partial charge on any atom is 0.301 e. The third kappa shape index (κ3) is 10.3. The first kappa shape index (κ1) is 46.7. The minimum atomic E-state index is -4.16. The molecule has 3 saturated heterocycles. The number of rotatable bonds is 16. The lowest BCUT2D eigenvalue weighted by molar-refractivity contribution is -0.159. The molecular weight excluding hydrogens is 893 g/mol. The van der Waals surface area contributed by atoms with Gasteiger partial charge in [-0.05, 0) is 73.7 Å². The summed E-state index contributed by atoms with van der Waals surface area (Å²) in [5.74, 6) is -4.13. The molecule has 2 unspecified atom stereocenters. The summed E-state index contributed by atoms with van der Waals surface area (Å²) in [4.78, 5) is 78.2. The molecule has 0 aliphatic carbocycles. The molecule has 2 aromatic carbocycles. The van der Waals surface area contributed by atoms with Crippen LogP contribution in [0.2, 0.25) is 0 Å². The molecule has 3 fully saturated rings. The molecule has 0 saturated carbocycles. The lowest BCUT2D eigenvalue weighted by Gasteiger charge is -2.37. The van der Waals surface area contributed by atoms with Gasteiger partial charge in [-0.2, -0.15) is 12.7 Å². The number of H-pyrrole nitrogens is 1. The minimum absolute atomic E-state index is 0.0500. The Morgan fingerprint density at radius 3 is 2.37 bits per heavy atom. The fourth-order valence-corrected chi connectivity index (χ4v) is 9.51. The third-order valence-electron chi connectivity index (χ3n) is 12.5. The van der Waals surface area contributed by atoms with Crippen LogP contribution in [0.25, 0.3) is 22.2 Å². The van der Waals surface area contributed by atoms with Crippen LogP contribution in [-0.4, -0.2) is 121 Å². The number of ether oxygens (including phenoxy) is 2. The van der Waals surface area contributed by atoms with Gasteiger partial charge in [-0.3, -0.25) is 43.9 Å². The summed E-state index contributed by atoms with van der Waals surface area (Å²) in [5.41, 5.74) is 1.98. The summed E-state index contributed by atoms with van der Waals surface area (Å²) in [7, 11) is -2.87. The van der Waals surface area contributed by atoms with Crippen molar-refractivity contribution < 1.29 is 50.6 Å². The predicted octanol–water partition coefficient (Wildman–Crippen LogP) is 4.39. The summed E-state index contributed by atoms with van der Waals surface area (Å²) in [5, 5.41) is 5.67. The molecule has 5 aromatic rings. The quantitative estimate of drug-likeness (QED) is 0.0613. The van der Waals surface area contributed by atoms with Crippen molar-refractivity contribution in [3.05, 3.63) is 102 Å². The van der Waals surface area contributed by atoms with Gasteiger partial charge in [-0.15, -0.1) is 0 Å². The number of nitrogens with zero attached hydrogens (tertiary/aromatic N) is 5. The molecule has 4 N–H and O–H groups in total. The first-order valence-electron chi connectivity index (χ1n) is 21.9. The second-order valence-corrected chi connectivity index (χ2v) is 18.4. The number of carbonyl (C=O) groups excluding carboxylic acids is 5. The highest BCUT2D eigenvalue weighted by atomic mass is 32.2. The highest BCUT2D eigenvalue weighted by Crippen LogP contribution is 2.32. The van der Waals surface area contributed by atoms with E-state index in [1.165, 1.54) is 13.2 Å². The first-order chi connectivity index (χ1) is 32.2. The average molecular weight is 942 g/mol. The maximum atomic E-state index is 15.6. The highest BCUT2D eigenvalue weighted by Gasteiger charge is 2.35. The molecule has 3 aliphatic rings. The number of pyridine rings is 2. The van der Waals surface area contributed by atoms with Crippen LogP contribution in [-0.2, 0) is 34.1 Å². The van der Waals surface area contributed by atoms with E-state index in [1.54, 1.807) is 31.5 Å². The van der Waals surface area contributed by atoms with Gasteiger partial charge in [-0.1, -0.05) is 19.1 Å². The zero-order chi connectivity index (χ0) is 47.4. The zero-order valence-corrected chi connectivity index (χ0v) is 37.5. The molecule has 352 valence electrons. The number of hydrogen-bond donors (Lipinski definition) is 4. The number of aromatic amines is 1. The van der Waals surface area contributed by atoms with E-state index in [4.69, 9.17) is 9.47 Å². The van der Waals surface area contributed by atoms with Gasteiger partial charge in [0.25, 0.3) is 18.3 Å². The number of imide groups is 1. The van der Waals surface area contributed by atoms with Gasteiger partial charge in [0.15, 0.2) is 11.9 Å². The van der Waals surface area contributed by atoms with Crippen LogP contribution in [0.5, 0.6) is 5.75 Å². The van der Waals surface area contributed by atoms with Crippen molar-refractivity contribution >= 4 is 62.6 Å². The van der Waals surface area contributed by atoms with Crippen LogP contribution in [0, 0.1) is 11.6 Å². The normalized spacial score (nSPS) is 18.1. The molecule has 3 aliphatic heterocycles. The van der Waals surface area contributed by atoms with E-state index >= 15 is 8.78 Å². The van der Waals surface area contributed by atoms with Crippen molar-refractivity contribution in [2.24, 2.45) is 0 Å². The fourth-order valence-electron chi connectivity index (χ4n) is 8.58. The van der Waals surface area contributed by atoms with Gasteiger partial charge in [-0.25, -0.2) is 13.8 Å². The van der Waals surface area contributed by atoms with Gasteiger partial charge in [0, 0.05) is 105 Å². The Morgan fingerprint density at radius 1 is 0.955 bits per heavy atom. The second kappa shape index (κ2) is 19.9. The molecule has 6 heterocycles. The van der Waals surface area contributed by atoms with Crippen molar-refractivity contribution in [2.75, 3.05) is 49.4 Å². The fraction of sp³-hybridized carbons (Fsp3) is 0.370. The van der Waals surface area contributed by atoms with Crippen molar-refractivity contribution in [2.45, 2.75) is 69.7 Å². The summed E-state index contributed by atoms with van der Waals surface area (Å²) in [6, 6.07) is 14.6. The molecule has 0 radical (unpaired) electrons. The van der Waals surface area contributed by atoms with Crippen molar-refractivity contribution in [1.82, 2.24) is 34.8 Å². The van der Waals surface area contributed by atoms with Crippen LogP contribution in [0.1, 0.15) is 73.0 Å². The second-order valence-electron chi connectivity index (χ2n) is 16.6. The van der Waals surface area contributed by atoms with Crippen molar-refractivity contribution in [3.63, 3.8) is 0 Å². The van der Waals surface area contributed by atoms with Crippen LogP contribution < -0.4 is 25.0 Å². The number of ketones is 1. The molecule has 21 heteroatoms. The standard InChI is InChI=1S/C46H49F2N9O9S/c1-3-55(2)67(63,64)54-37-11-9-35(47)40(41(37)48)42(60)34-25-51-43-33(34)22-29(23-50-43)27-4-6-31(7-5-27)56-20-16-30(17-21-56)52-45(62)46(65-26-58)57-18-14-28(15-19-57)36-10-8-32(24-49-36)66-38-12-13-39(59)53-44(38)61/h4-11,22-26,28,30,38,46,54H,3,12-21H2,1-2H3,(H,50,51)(H,52,62)(H,53,59,61). The first-order valence-corrected chi connectivity index (χ1v) is 23.4. The van der Waals surface area contributed by atoms with Gasteiger partial charge in [0.2, 0.25) is 17.9 Å². The number of benzene rings is 2. The molecule has 2 atom stereocenters. The summed E-state index contributed by atoms with van der Waals surface area (Å²) < 4.78 is 69.9. The molecular formula is C46H49F2N9O9S. The monoisotopic (exact) mass is 941 g/mol. The topological polar surface area (TPSA) is 225 Å². The summed E-state index contributed by atoms with van der Waals surface area (Å²) in [6.07, 6.45) is 5.81. The largest absolute Gasteiger partial charge is 0.479 e. The predicted molar refractivity (Wildman–Crippen MR) is 241 cm³/mol. The number of fused-ring (bicyclic) bond motifs is 1. The van der Waals surface area contributed by atoms with Crippen molar-refractivity contribution in [3.8, 4) is 16.9 Å². The Bertz CT molecular complexity index is 2780. The van der Waals surface area contributed by atoms with Crippen LogP contribution >= 0.6 is 0 Å². The molecule has 8 rings (SSSR count). The van der Waals surface area contributed by atoms with Crippen molar-refractivity contribution in [1.29, 1.82) is 0 Å². The number of piperidine rings is 3. The maximum absolute atomic E-state index is 15.6. The average Bonchev–Trinajstić information content (AvgIpc) is 3.76. The van der Waals surface area contributed by atoms with Crippen LogP contribution in [0.4, 0.5) is 20.2 Å². The van der Waals surface area contributed by atoms with Crippen LogP contribution in [0.3, 0.4) is 0 Å². The molecule has 18 nitrogen and oxygen atoms in total. The number of amides is 3. The van der Waals surface area contributed by atoms with Crippen LogP contribution in [0.15, 0.2) is 73.2 Å². The van der Waals surface area contributed by atoms with E-state index in [0.29, 0.717) is 87.1 Å². The number of likely N-dealkylation sites (tertiary alicyclic amines) is 1. The Kier molecular flexibility index (Phi) is 13.9. The minimum Gasteiger partial charge on any atom is -0.479 e. The molecule has 67 heavy (non-hydrogen) atoms. The smallest absolute Gasteiger partial charge is 0.301 e. The van der Waals surface area contributed by atoms with Gasteiger partial charge in [0.05, 0.1) is 17.4 Å². The number of nitrogens with one attached hydrogen (secondary N) is 4. The number of halogens is 2. The Labute approximate surface area is 384 Å². The summed E-state index contributed by atoms with van der Waals surface area (Å²) >= 11 is 0. The number of hydrogen-bond acceptors (Lipinski definition) is 13. The highest BCUT2D eigenvalue weighted by molar-refractivity contribution is 7.90. The summed E-state index contributed by atoms with van der Waals surface area (Å²) in [6.45, 7) is 4.26. The third-order valence-corrected chi connectivity index (χ3v) is 14.1. The zero-order valence-electron chi connectivity index (χ0n) is 36.7. The molecule has 0 bridgehead atoms. The van der Waals surface area contributed by atoms with E-state index < -0.39 is 57.1 Å². The van der Waals surface area contributed by atoms with Gasteiger partial charge >= 0.3 is 10.2 Å². The lowest BCUT2D eigenvalue weighted by Crippen LogP contribution is -2.54. The SMILES string of the molecule is CCN(C)S(=O)(=O)Nc1ccc(F)c(C(=O)c2c[nH]c3ncc(-c4ccc(N5CCC(NC(=O)C(OC=O)N6CCC(c7ccc(OC8CCC(=O)NC8=O)cn7)CC6)CC5)cc4)cc23)c1F. The molecule has 3 amide bonds. The molecule has 3 aromatic heterocycles. The molecule has 0 spiro atoms. The van der Waals surface area contributed by atoms with E-state index in [2.05, 4.69) is 35.2 Å². The lowest BCUT2D eigenvalue weighted by atomic mass is 9.93. The Hall–Kier alpha value is -6.84. The number of anilines is 2. The number of carbonyl (C=O) groups is 5. The van der Waals surface area contributed by atoms with E-state index in [-0.39, 0.29) is 42.3 Å². The van der Waals surface area contributed by atoms with E-state index in [1.807, 2.05) is 35.2 Å². The van der Waals surface area contributed by atoms with E-state index in [0.717, 1.165) is 33.4 Å².